The maximum absolute atomic E-state index is 13.7. The van der Waals surface area contributed by atoms with Gasteiger partial charge in [0.1, 0.15) is 5.82 Å². The van der Waals surface area contributed by atoms with Crippen LogP contribution in [0.5, 0.6) is 0 Å². The molecule has 202 valence electrons. The van der Waals surface area contributed by atoms with Gasteiger partial charge in [-0.15, -0.1) is 0 Å². The summed E-state index contributed by atoms with van der Waals surface area (Å²) in [5.41, 5.74) is 2.55. The second-order valence-corrected chi connectivity index (χ2v) is 9.28. The highest BCUT2D eigenvalue weighted by Gasteiger charge is 2.26. The van der Waals surface area contributed by atoms with Crippen LogP contribution >= 0.6 is 0 Å². The Bertz CT molecular complexity index is 1480. The molecule has 0 aliphatic heterocycles. The van der Waals surface area contributed by atoms with E-state index in [0.29, 0.717) is 47.5 Å². The molecule has 1 atom stereocenters. The van der Waals surface area contributed by atoms with E-state index in [0.717, 1.165) is 12.0 Å². The van der Waals surface area contributed by atoms with Crippen molar-refractivity contribution in [3.05, 3.63) is 106 Å². The van der Waals surface area contributed by atoms with Crippen LogP contribution < -0.4 is 10.9 Å². The number of hydrogen-bond acceptors (Lipinski definition) is 5. The second kappa shape index (κ2) is 12.9. The van der Waals surface area contributed by atoms with Gasteiger partial charge in [-0.2, -0.15) is 0 Å². The van der Waals surface area contributed by atoms with Crippen LogP contribution in [0.15, 0.2) is 83.7 Å². The van der Waals surface area contributed by atoms with Crippen LogP contribution in [-0.4, -0.2) is 39.6 Å². The SMILES string of the molecule is CCCn1c(C(C)N(CCc2ccccc2)C(=O)Nc2ccc(C(=O)OCC)cc2)nc2ccccc2c1=O. The zero-order valence-corrected chi connectivity index (χ0v) is 22.6. The van der Waals surface area contributed by atoms with Crippen molar-refractivity contribution in [2.24, 2.45) is 0 Å². The monoisotopic (exact) mass is 526 g/mol. The fourth-order valence-electron chi connectivity index (χ4n) is 4.55. The number of nitrogens with one attached hydrogen (secondary N) is 1. The molecule has 1 unspecified atom stereocenters. The zero-order chi connectivity index (χ0) is 27.8. The molecule has 8 heteroatoms. The van der Waals surface area contributed by atoms with E-state index in [1.807, 2.05) is 62.4 Å². The first kappa shape index (κ1) is 27.6. The largest absolute Gasteiger partial charge is 0.462 e. The quantitative estimate of drug-likeness (QED) is 0.263. The van der Waals surface area contributed by atoms with E-state index in [9.17, 15) is 14.4 Å². The fourth-order valence-corrected chi connectivity index (χ4v) is 4.55. The molecule has 0 spiro atoms. The average Bonchev–Trinajstić information content (AvgIpc) is 2.95. The third kappa shape index (κ3) is 6.52. The van der Waals surface area contributed by atoms with E-state index in [1.165, 1.54) is 0 Å². The Kier molecular flexibility index (Phi) is 9.10. The molecule has 8 nitrogen and oxygen atoms in total. The molecule has 1 aromatic heterocycles. The number of fused-ring (bicyclic) bond motifs is 1. The topological polar surface area (TPSA) is 93.5 Å². The summed E-state index contributed by atoms with van der Waals surface area (Å²) < 4.78 is 6.73. The van der Waals surface area contributed by atoms with E-state index in [-0.39, 0.29) is 18.2 Å². The minimum absolute atomic E-state index is 0.109. The van der Waals surface area contributed by atoms with Gasteiger partial charge in [0.2, 0.25) is 0 Å². The standard InChI is InChI=1S/C31H34N4O4/c1-4-20-35-28(33-27-14-10-9-13-26(27)29(35)36)22(3)34(21-19-23-11-7-6-8-12-23)31(38)32-25-17-15-24(16-18-25)30(37)39-5-2/h6-18,22H,4-5,19-21H2,1-3H3,(H,32,38). The van der Waals surface area contributed by atoms with E-state index in [2.05, 4.69) is 5.32 Å². The third-order valence-electron chi connectivity index (χ3n) is 6.57. The van der Waals surface area contributed by atoms with E-state index < -0.39 is 12.0 Å². The number of aromatic nitrogens is 2. The molecule has 0 saturated carbocycles. The molecule has 3 aromatic carbocycles. The molecular formula is C31H34N4O4. The van der Waals surface area contributed by atoms with Gasteiger partial charge in [-0.05, 0) is 68.7 Å². The molecule has 4 aromatic rings. The Morgan fingerprint density at radius 2 is 1.67 bits per heavy atom. The molecule has 0 radical (unpaired) electrons. The van der Waals surface area contributed by atoms with Crippen molar-refractivity contribution in [2.75, 3.05) is 18.5 Å². The Balaban J connectivity index is 1.67. The van der Waals surface area contributed by atoms with Gasteiger partial charge in [-0.25, -0.2) is 14.6 Å². The number of hydrogen-bond donors (Lipinski definition) is 1. The van der Waals surface area contributed by atoms with Gasteiger partial charge in [-0.3, -0.25) is 9.36 Å². The lowest BCUT2D eigenvalue weighted by Gasteiger charge is -2.31. The number of benzene rings is 3. The second-order valence-electron chi connectivity index (χ2n) is 9.28. The number of anilines is 1. The highest BCUT2D eigenvalue weighted by Crippen LogP contribution is 2.23. The number of esters is 1. The number of para-hydroxylation sites is 1. The van der Waals surface area contributed by atoms with Gasteiger partial charge < -0.3 is 15.0 Å². The third-order valence-corrected chi connectivity index (χ3v) is 6.57. The Hall–Kier alpha value is -4.46. The minimum Gasteiger partial charge on any atom is -0.462 e. The lowest BCUT2D eigenvalue weighted by molar-refractivity contribution is 0.0526. The van der Waals surface area contributed by atoms with Crippen molar-refractivity contribution < 1.29 is 14.3 Å². The predicted molar refractivity (Wildman–Crippen MR) is 153 cm³/mol. The van der Waals surface area contributed by atoms with Gasteiger partial charge in [-0.1, -0.05) is 49.4 Å². The maximum Gasteiger partial charge on any atom is 0.338 e. The molecule has 4 rings (SSSR count). The summed E-state index contributed by atoms with van der Waals surface area (Å²) >= 11 is 0. The van der Waals surface area contributed by atoms with E-state index >= 15 is 0 Å². The molecule has 0 bridgehead atoms. The van der Waals surface area contributed by atoms with Gasteiger partial charge in [0, 0.05) is 18.8 Å². The van der Waals surface area contributed by atoms with E-state index in [1.54, 1.807) is 46.7 Å². The molecule has 2 amide bonds. The summed E-state index contributed by atoms with van der Waals surface area (Å²) in [4.78, 5) is 45.7. The summed E-state index contributed by atoms with van der Waals surface area (Å²) in [5, 5.41) is 3.51. The first-order chi connectivity index (χ1) is 18.9. The number of rotatable bonds is 10. The Labute approximate surface area is 228 Å². The van der Waals surface area contributed by atoms with Crippen molar-refractivity contribution >= 4 is 28.6 Å². The van der Waals surface area contributed by atoms with Crippen LogP contribution in [-0.2, 0) is 17.7 Å². The van der Waals surface area contributed by atoms with Gasteiger partial charge in [0.15, 0.2) is 0 Å². The molecule has 1 heterocycles. The fraction of sp³-hybridized carbons (Fsp3) is 0.290. The minimum atomic E-state index is -0.489. The summed E-state index contributed by atoms with van der Waals surface area (Å²) in [5.74, 6) is 0.131. The number of ether oxygens (including phenoxy) is 1. The molecule has 1 N–H and O–H groups in total. The van der Waals surface area contributed by atoms with Crippen molar-refractivity contribution in [2.45, 2.75) is 46.2 Å². The average molecular weight is 527 g/mol. The van der Waals surface area contributed by atoms with Crippen molar-refractivity contribution in [3.8, 4) is 0 Å². The summed E-state index contributed by atoms with van der Waals surface area (Å²) in [6.45, 7) is 6.86. The lowest BCUT2D eigenvalue weighted by atomic mass is 10.1. The number of nitrogens with zero attached hydrogens (tertiary/aromatic N) is 3. The number of carbonyl (C=O) groups is 2. The van der Waals surface area contributed by atoms with Crippen molar-refractivity contribution in [1.29, 1.82) is 0 Å². The Morgan fingerprint density at radius 1 is 0.974 bits per heavy atom. The lowest BCUT2D eigenvalue weighted by Crippen LogP contribution is -2.41. The molecule has 0 saturated heterocycles. The van der Waals surface area contributed by atoms with Crippen LogP contribution in [0.1, 0.15) is 55.0 Å². The van der Waals surface area contributed by atoms with Crippen molar-refractivity contribution in [3.63, 3.8) is 0 Å². The maximum atomic E-state index is 13.7. The molecular weight excluding hydrogens is 492 g/mol. The zero-order valence-electron chi connectivity index (χ0n) is 22.6. The first-order valence-electron chi connectivity index (χ1n) is 13.3. The van der Waals surface area contributed by atoms with Gasteiger partial charge in [0.25, 0.3) is 5.56 Å². The van der Waals surface area contributed by atoms with Crippen LogP contribution in [0.25, 0.3) is 10.9 Å². The van der Waals surface area contributed by atoms with Crippen LogP contribution in [0.4, 0.5) is 10.5 Å². The van der Waals surface area contributed by atoms with Crippen LogP contribution in [0.2, 0.25) is 0 Å². The van der Waals surface area contributed by atoms with Crippen molar-refractivity contribution in [1.82, 2.24) is 14.5 Å². The number of amides is 2. The van der Waals surface area contributed by atoms with Crippen LogP contribution in [0, 0.1) is 0 Å². The molecule has 0 aliphatic rings. The Morgan fingerprint density at radius 3 is 2.36 bits per heavy atom. The summed E-state index contributed by atoms with van der Waals surface area (Å²) in [6, 6.07) is 23.0. The number of carbonyl (C=O) groups excluding carboxylic acids is 2. The normalized spacial score (nSPS) is 11.7. The van der Waals surface area contributed by atoms with Gasteiger partial charge in [0.05, 0.1) is 29.1 Å². The van der Waals surface area contributed by atoms with Crippen LogP contribution in [0.3, 0.4) is 0 Å². The predicted octanol–water partition coefficient (Wildman–Crippen LogP) is 5.82. The van der Waals surface area contributed by atoms with E-state index in [4.69, 9.17) is 9.72 Å². The molecule has 0 fully saturated rings. The summed E-state index contributed by atoms with van der Waals surface area (Å²) in [6.07, 6.45) is 1.38. The smallest absolute Gasteiger partial charge is 0.338 e. The highest BCUT2D eigenvalue weighted by molar-refractivity contribution is 5.92. The van der Waals surface area contributed by atoms with Gasteiger partial charge >= 0.3 is 12.0 Å². The molecule has 0 aliphatic carbocycles. The molecule has 39 heavy (non-hydrogen) atoms. The highest BCUT2D eigenvalue weighted by atomic mass is 16.5. The number of urea groups is 1. The summed E-state index contributed by atoms with van der Waals surface area (Å²) in [7, 11) is 0. The first-order valence-corrected chi connectivity index (χ1v) is 13.3.